The second-order valence-electron chi connectivity index (χ2n) is 4.52. The maximum atomic E-state index is 10.4. The summed E-state index contributed by atoms with van der Waals surface area (Å²) in [6, 6.07) is 2.17. The van der Waals surface area contributed by atoms with Crippen LogP contribution in [-0.2, 0) is 7.05 Å². The maximum absolute atomic E-state index is 10.4. The van der Waals surface area contributed by atoms with E-state index >= 15 is 0 Å². The quantitative estimate of drug-likeness (QED) is 0.840. The van der Waals surface area contributed by atoms with Gasteiger partial charge >= 0.3 is 0 Å². The van der Waals surface area contributed by atoms with Crippen LogP contribution in [0, 0.1) is 0 Å². The molecule has 1 aliphatic heterocycles. The molecule has 0 aromatic carbocycles. The highest BCUT2D eigenvalue weighted by molar-refractivity contribution is 5.07. The van der Waals surface area contributed by atoms with Gasteiger partial charge in [-0.2, -0.15) is 5.10 Å². The van der Waals surface area contributed by atoms with Crippen molar-refractivity contribution in [3.05, 3.63) is 18.0 Å². The van der Waals surface area contributed by atoms with Crippen molar-refractivity contribution in [3.63, 3.8) is 0 Å². The first kappa shape index (κ1) is 11.6. The van der Waals surface area contributed by atoms with Gasteiger partial charge in [-0.3, -0.25) is 9.58 Å². The van der Waals surface area contributed by atoms with Crippen LogP contribution < -0.4 is 0 Å². The molecule has 4 nitrogen and oxygen atoms in total. The Kier molecular flexibility index (Phi) is 3.61. The zero-order valence-corrected chi connectivity index (χ0v) is 10.1. The average Bonchev–Trinajstić information content (AvgIpc) is 2.74. The van der Waals surface area contributed by atoms with Crippen molar-refractivity contribution < 1.29 is 5.11 Å². The molecule has 0 amide bonds. The summed E-state index contributed by atoms with van der Waals surface area (Å²) >= 11 is 0. The largest absolute Gasteiger partial charge is 0.385 e. The third-order valence-corrected chi connectivity index (χ3v) is 3.60. The zero-order chi connectivity index (χ0) is 11.5. The summed E-state index contributed by atoms with van der Waals surface area (Å²) in [7, 11) is 1.89. The first-order valence-electron chi connectivity index (χ1n) is 6.14. The summed E-state index contributed by atoms with van der Waals surface area (Å²) in [5, 5.41) is 14.5. The van der Waals surface area contributed by atoms with Gasteiger partial charge in [0.1, 0.15) is 6.10 Å². The van der Waals surface area contributed by atoms with Crippen LogP contribution in [0.3, 0.4) is 0 Å². The van der Waals surface area contributed by atoms with Gasteiger partial charge in [-0.05, 0) is 32.0 Å². The zero-order valence-electron chi connectivity index (χ0n) is 10.1. The van der Waals surface area contributed by atoms with Gasteiger partial charge in [0.05, 0.1) is 5.69 Å². The second kappa shape index (κ2) is 4.97. The number of aromatic nitrogens is 2. The molecule has 0 bridgehead atoms. The topological polar surface area (TPSA) is 41.3 Å². The molecule has 0 radical (unpaired) electrons. The Morgan fingerprint density at radius 1 is 1.56 bits per heavy atom. The van der Waals surface area contributed by atoms with Gasteiger partial charge in [0.2, 0.25) is 0 Å². The molecule has 1 aromatic rings. The number of piperidine rings is 1. The van der Waals surface area contributed by atoms with E-state index in [0.29, 0.717) is 0 Å². The summed E-state index contributed by atoms with van der Waals surface area (Å²) in [4.78, 5) is 2.38. The van der Waals surface area contributed by atoms with Gasteiger partial charge in [0, 0.05) is 19.3 Å². The van der Waals surface area contributed by atoms with Gasteiger partial charge < -0.3 is 5.11 Å². The standard InChI is InChI=1S/C12H21N3O/c1-3-15-9-5-4-6-11(15)12(16)10-7-8-13-14(10)2/h7-8,11-12,16H,3-6,9H2,1-2H3/t11-,12+/m1/s1. The molecule has 4 heteroatoms. The summed E-state index contributed by atoms with van der Waals surface area (Å²) in [5.74, 6) is 0. The number of hydrogen-bond donors (Lipinski definition) is 1. The normalized spacial score (nSPS) is 24.6. The van der Waals surface area contributed by atoms with Crippen molar-refractivity contribution in [2.24, 2.45) is 7.05 Å². The number of likely N-dealkylation sites (tertiary alicyclic amines) is 1. The SMILES string of the molecule is CCN1CCCC[C@@H]1[C@@H](O)c1ccnn1C. The number of nitrogens with zero attached hydrogens (tertiary/aromatic N) is 3. The van der Waals surface area contributed by atoms with Crippen molar-refractivity contribution in [2.45, 2.75) is 38.3 Å². The van der Waals surface area contributed by atoms with Gasteiger partial charge in [-0.25, -0.2) is 0 Å². The fourth-order valence-corrected chi connectivity index (χ4v) is 2.64. The van der Waals surface area contributed by atoms with E-state index < -0.39 is 6.10 Å². The highest BCUT2D eigenvalue weighted by Crippen LogP contribution is 2.27. The lowest BCUT2D eigenvalue weighted by atomic mass is 9.95. The van der Waals surface area contributed by atoms with E-state index in [1.54, 1.807) is 10.9 Å². The summed E-state index contributed by atoms with van der Waals surface area (Å²) in [6.45, 7) is 4.28. The van der Waals surface area contributed by atoms with Crippen molar-refractivity contribution in [1.29, 1.82) is 0 Å². The predicted molar refractivity (Wildman–Crippen MR) is 63.1 cm³/mol. The molecule has 0 spiro atoms. The van der Waals surface area contributed by atoms with Gasteiger partial charge in [0.25, 0.3) is 0 Å². The third-order valence-electron chi connectivity index (χ3n) is 3.60. The molecule has 1 aliphatic rings. The van der Waals surface area contributed by atoms with Crippen LogP contribution in [0.4, 0.5) is 0 Å². The Labute approximate surface area is 96.9 Å². The van der Waals surface area contributed by atoms with E-state index in [1.807, 2.05) is 13.1 Å². The monoisotopic (exact) mass is 223 g/mol. The molecule has 16 heavy (non-hydrogen) atoms. The predicted octanol–water partition coefficient (Wildman–Crippen LogP) is 1.33. The molecule has 1 N–H and O–H groups in total. The number of rotatable bonds is 3. The number of aliphatic hydroxyl groups excluding tert-OH is 1. The van der Waals surface area contributed by atoms with Gasteiger partial charge in [-0.1, -0.05) is 13.3 Å². The first-order valence-corrected chi connectivity index (χ1v) is 6.14. The minimum atomic E-state index is -0.409. The lowest BCUT2D eigenvalue weighted by Crippen LogP contribution is -2.43. The molecule has 1 aromatic heterocycles. The lowest BCUT2D eigenvalue weighted by molar-refractivity contribution is 0.0235. The molecule has 2 atom stereocenters. The molecule has 2 heterocycles. The van der Waals surface area contributed by atoms with Crippen molar-refractivity contribution in [3.8, 4) is 0 Å². The Morgan fingerprint density at radius 2 is 2.38 bits per heavy atom. The second-order valence-corrected chi connectivity index (χ2v) is 4.52. The summed E-state index contributed by atoms with van der Waals surface area (Å²) in [5.41, 5.74) is 0.922. The van der Waals surface area contributed by atoms with E-state index in [1.165, 1.54) is 12.8 Å². The Hall–Kier alpha value is -0.870. The molecule has 1 saturated heterocycles. The summed E-state index contributed by atoms with van der Waals surface area (Å²) in [6.07, 6.45) is 4.89. The number of hydrogen-bond acceptors (Lipinski definition) is 3. The molecular weight excluding hydrogens is 202 g/mol. The van der Waals surface area contributed by atoms with Crippen LogP contribution in [0.25, 0.3) is 0 Å². The van der Waals surface area contributed by atoms with Crippen LogP contribution in [0.1, 0.15) is 38.0 Å². The number of aryl methyl sites for hydroxylation is 1. The van der Waals surface area contributed by atoms with Gasteiger partial charge in [0.15, 0.2) is 0 Å². The van der Waals surface area contributed by atoms with Crippen molar-refractivity contribution in [2.75, 3.05) is 13.1 Å². The number of aliphatic hydroxyl groups is 1. The molecule has 1 fully saturated rings. The van der Waals surface area contributed by atoms with Crippen LogP contribution >= 0.6 is 0 Å². The molecule has 0 saturated carbocycles. The molecule has 0 aliphatic carbocycles. The molecular formula is C12H21N3O. The Balaban J connectivity index is 2.13. The van der Waals surface area contributed by atoms with E-state index in [0.717, 1.165) is 25.2 Å². The minimum Gasteiger partial charge on any atom is -0.385 e. The lowest BCUT2D eigenvalue weighted by Gasteiger charge is -2.37. The van der Waals surface area contributed by atoms with Crippen LogP contribution in [0.2, 0.25) is 0 Å². The highest BCUT2D eigenvalue weighted by Gasteiger charge is 2.29. The van der Waals surface area contributed by atoms with E-state index in [2.05, 4.69) is 16.9 Å². The summed E-state index contributed by atoms with van der Waals surface area (Å²) < 4.78 is 1.77. The Morgan fingerprint density at radius 3 is 3.00 bits per heavy atom. The van der Waals surface area contributed by atoms with Crippen LogP contribution in [0.5, 0.6) is 0 Å². The smallest absolute Gasteiger partial charge is 0.111 e. The van der Waals surface area contributed by atoms with E-state index in [9.17, 15) is 5.11 Å². The van der Waals surface area contributed by atoms with Crippen molar-refractivity contribution in [1.82, 2.24) is 14.7 Å². The number of likely N-dealkylation sites (N-methyl/N-ethyl adjacent to an activating group) is 1. The highest BCUT2D eigenvalue weighted by atomic mass is 16.3. The van der Waals surface area contributed by atoms with E-state index in [4.69, 9.17) is 0 Å². The maximum Gasteiger partial charge on any atom is 0.111 e. The molecule has 2 rings (SSSR count). The fraction of sp³-hybridized carbons (Fsp3) is 0.750. The third kappa shape index (κ3) is 2.13. The Bertz CT molecular complexity index is 337. The van der Waals surface area contributed by atoms with Gasteiger partial charge in [-0.15, -0.1) is 0 Å². The van der Waals surface area contributed by atoms with Crippen LogP contribution in [0.15, 0.2) is 12.3 Å². The van der Waals surface area contributed by atoms with E-state index in [-0.39, 0.29) is 6.04 Å². The van der Waals surface area contributed by atoms with Crippen LogP contribution in [-0.4, -0.2) is 38.9 Å². The first-order chi connectivity index (χ1) is 7.74. The van der Waals surface area contributed by atoms with Crippen molar-refractivity contribution >= 4 is 0 Å². The minimum absolute atomic E-state index is 0.258. The molecule has 90 valence electrons. The molecule has 0 unspecified atom stereocenters. The average molecular weight is 223 g/mol. The fourth-order valence-electron chi connectivity index (χ4n) is 2.64.